The van der Waals surface area contributed by atoms with Gasteiger partial charge in [0, 0.05) is 42.2 Å². The minimum atomic E-state index is -0.740. The number of hydrogen-bond acceptors (Lipinski definition) is 5. The third-order valence-corrected chi connectivity index (χ3v) is 5.66. The van der Waals surface area contributed by atoms with Crippen molar-refractivity contribution in [2.24, 2.45) is 5.92 Å². The second-order valence-corrected chi connectivity index (χ2v) is 8.38. The second-order valence-electron chi connectivity index (χ2n) is 8.38. The highest BCUT2D eigenvalue weighted by molar-refractivity contribution is 5.96. The smallest absolute Gasteiger partial charge is 0.267 e. The predicted molar refractivity (Wildman–Crippen MR) is 118 cm³/mol. The summed E-state index contributed by atoms with van der Waals surface area (Å²) in [7, 11) is 0. The Balaban J connectivity index is 1.22. The standard InChI is InChI=1S/C23H27N5O4/c1-14(28-20(29)11-10-19(27-28)15-2-3-15)21(30)24-12-13-25-22(31)16-6-8-18(9-7-16)26-23(32)17-4-5-17/h6-11,14-15,17H,2-5,12-13H2,1H3,(H,24,30)(H,25,31)(H,26,32). The summed E-state index contributed by atoms with van der Waals surface area (Å²) in [4.78, 5) is 48.6. The lowest BCUT2D eigenvalue weighted by atomic mass is 10.2. The van der Waals surface area contributed by atoms with Gasteiger partial charge in [-0.1, -0.05) is 0 Å². The quantitative estimate of drug-likeness (QED) is 0.514. The average Bonchev–Trinajstić information content (AvgIpc) is 3.69. The van der Waals surface area contributed by atoms with Crippen molar-refractivity contribution in [2.45, 2.75) is 44.6 Å². The zero-order chi connectivity index (χ0) is 22.7. The Morgan fingerprint density at radius 2 is 1.69 bits per heavy atom. The Labute approximate surface area is 185 Å². The first-order valence-electron chi connectivity index (χ1n) is 11.0. The van der Waals surface area contributed by atoms with Crippen molar-refractivity contribution in [1.29, 1.82) is 0 Å². The number of amides is 3. The number of benzene rings is 1. The molecule has 9 heteroatoms. The van der Waals surface area contributed by atoms with Crippen LogP contribution in [0, 0.1) is 5.92 Å². The summed E-state index contributed by atoms with van der Waals surface area (Å²) < 4.78 is 1.21. The first kappa shape index (κ1) is 21.7. The van der Waals surface area contributed by atoms with Gasteiger partial charge in [-0.2, -0.15) is 5.10 Å². The van der Waals surface area contributed by atoms with Crippen molar-refractivity contribution >= 4 is 23.4 Å². The Morgan fingerprint density at radius 3 is 2.34 bits per heavy atom. The van der Waals surface area contributed by atoms with Gasteiger partial charge in [0.15, 0.2) is 0 Å². The molecular weight excluding hydrogens is 410 g/mol. The number of aromatic nitrogens is 2. The second kappa shape index (κ2) is 9.33. The van der Waals surface area contributed by atoms with Crippen LogP contribution in [0.3, 0.4) is 0 Å². The molecule has 32 heavy (non-hydrogen) atoms. The van der Waals surface area contributed by atoms with Crippen LogP contribution in [0.15, 0.2) is 41.2 Å². The molecule has 2 aromatic rings. The number of anilines is 1. The molecule has 2 saturated carbocycles. The van der Waals surface area contributed by atoms with E-state index in [2.05, 4.69) is 21.0 Å². The molecule has 1 unspecified atom stereocenters. The van der Waals surface area contributed by atoms with E-state index in [4.69, 9.17) is 0 Å². The first-order valence-corrected chi connectivity index (χ1v) is 11.0. The molecule has 2 fully saturated rings. The molecule has 2 aliphatic carbocycles. The summed E-state index contributed by atoms with van der Waals surface area (Å²) in [5.41, 5.74) is 1.65. The van der Waals surface area contributed by atoms with Crippen LogP contribution in [0.5, 0.6) is 0 Å². The number of nitrogens with one attached hydrogen (secondary N) is 3. The van der Waals surface area contributed by atoms with Crippen molar-refractivity contribution in [1.82, 2.24) is 20.4 Å². The molecule has 1 aromatic carbocycles. The van der Waals surface area contributed by atoms with Crippen LogP contribution in [-0.2, 0) is 9.59 Å². The van der Waals surface area contributed by atoms with Gasteiger partial charge >= 0.3 is 0 Å². The molecule has 0 spiro atoms. The minimum absolute atomic E-state index is 0.0175. The largest absolute Gasteiger partial charge is 0.352 e. The van der Waals surface area contributed by atoms with Gasteiger partial charge in [0.2, 0.25) is 11.8 Å². The Bertz CT molecular complexity index is 1070. The van der Waals surface area contributed by atoms with Crippen LogP contribution in [0.2, 0.25) is 0 Å². The third kappa shape index (κ3) is 5.40. The van der Waals surface area contributed by atoms with Gasteiger partial charge in [-0.15, -0.1) is 0 Å². The van der Waals surface area contributed by atoms with Crippen molar-refractivity contribution in [3.05, 3.63) is 58.0 Å². The van der Waals surface area contributed by atoms with E-state index in [1.807, 2.05) is 0 Å². The van der Waals surface area contributed by atoms with E-state index in [-0.39, 0.29) is 42.3 Å². The number of hydrogen-bond donors (Lipinski definition) is 3. The maximum absolute atomic E-state index is 12.4. The van der Waals surface area contributed by atoms with Crippen LogP contribution in [-0.4, -0.2) is 40.6 Å². The Hall–Kier alpha value is -3.49. The van der Waals surface area contributed by atoms with Crippen LogP contribution >= 0.6 is 0 Å². The van der Waals surface area contributed by atoms with E-state index in [9.17, 15) is 19.2 Å². The van der Waals surface area contributed by atoms with Gasteiger partial charge in [-0.3, -0.25) is 19.2 Å². The van der Waals surface area contributed by atoms with E-state index >= 15 is 0 Å². The Morgan fingerprint density at radius 1 is 1.00 bits per heavy atom. The summed E-state index contributed by atoms with van der Waals surface area (Å²) >= 11 is 0. The topological polar surface area (TPSA) is 122 Å². The molecule has 9 nitrogen and oxygen atoms in total. The summed E-state index contributed by atoms with van der Waals surface area (Å²) in [5.74, 6) is -0.0906. The first-order chi connectivity index (χ1) is 15.4. The fourth-order valence-electron chi connectivity index (χ4n) is 3.33. The highest BCUT2D eigenvalue weighted by atomic mass is 16.2. The average molecular weight is 438 g/mol. The van der Waals surface area contributed by atoms with E-state index in [0.717, 1.165) is 31.4 Å². The molecular formula is C23H27N5O4. The molecule has 0 aliphatic heterocycles. The van der Waals surface area contributed by atoms with E-state index < -0.39 is 6.04 Å². The summed E-state index contributed by atoms with van der Waals surface area (Å²) in [6.45, 7) is 2.09. The molecule has 3 N–H and O–H groups in total. The lowest BCUT2D eigenvalue weighted by molar-refractivity contribution is -0.124. The van der Waals surface area contributed by atoms with Crippen LogP contribution in [0.25, 0.3) is 0 Å². The van der Waals surface area contributed by atoms with Gasteiger partial charge in [0.1, 0.15) is 6.04 Å². The molecule has 2 aliphatic rings. The SMILES string of the molecule is CC(C(=O)NCCNC(=O)c1ccc(NC(=O)C2CC2)cc1)n1nc(C2CC2)ccc1=O. The number of rotatable bonds is 9. The van der Waals surface area contributed by atoms with E-state index in [1.165, 1.54) is 10.7 Å². The predicted octanol–water partition coefficient (Wildman–Crippen LogP) is 1.58. The van der Waals surface area contributed by atoms with Gasteiger partial charge < -0.3 is 16.0 Å². The van der Waals surface area contributed by atoms with Crippen LogP contribution in [0.4, 0.5) is 5.69 Å². The normalized spacial score (nSPS) is 16.2. The maximum atomic E-state index is 12.4. The van der Waals surface area contributed by atoms with Gasteiger partial charge in [0.05, 0.1) is 5.69 Å². The van der Waals surface area contributed by atoms with E-state index in [1.54, 1.807) is 37.3 Å². The fraction of sp³-hybridized carbons (Fsp3) is 0.435. The lowest BCUT2D eigenvalue weighted by Gasteiger charge is -2.15. The van der Waals surface area contributed by atoms with Gasteiger partial charge in [0.25, 0.3) is 11.5 Å². The number of carbonyl (C=O) groups is 3. The Kier molecular flexibility index (Phi) is 6.34. The lowest BCUT2D eigenvalue weighted by Crippen LogP contribution is -2.40. The maximum Gasteiger partial charge on any atom is 0.267 e. The van der Waals surface area contributed by atoms with Crippen LogP contribution < -0.4 is 21.5 Å². The highest BCUT2D eigenvalue weighted by Crippen LogP contribution is 2.38. The van der Waals surface area contributed by atoms with Gasteiger partial charge in [-0.05, 0) is 62.9 Å². The van der Waals surface area contributed by atoms with Crippen molar-refractivity contribution in [3.8, 4) is 0 Å². The summed E-state index contributed by atoms with van der Waals surface area (Å²) in [6, 6.07) is 9.11. The van der Waals surface area contributed by atoms with E-state index in [0.29, 0.717) is 17.2 Å². The third-order valence-electron chi connectivity index (χ3n) is 5.66. The summed E-state index contributed by atoms with van der Waals surface area (Å²) in [5, 5.41) is 12.6. The molecule has 1 atom stereocenters. The van der Waals surface area contributed by atoms with Crippen molar-refractivity contribution in [3.63, 3.8) is 0 Å². The summed E-state index contributed by atoms with van der Waals surface area (Å²) in [6.07, 6.45) is 3.98. The van der Waals surface area contributed by atoms with Gasteiger partial charge in [-0.25, -0.2) is 4.68 Å². The molecule has 0 radical (unpaired) electrons. The van der Waals surface area contributed by atoms with Crippen molar-refractivity contribution < 1.29 is 14.4 Å². The highest BCUT2D eigenvalue weighted by Gasteiger charge is 2.29. The molecule has 1 aromatic heterocycles. The molecule has 4 rings (SSSR count). The monoisotopic (exact) mass is 437 g/mol. The fourth-order valence-corrected chi connectivity index (χ4v) is 3.33. The van der Waals surface area contributed by atoms with Crippen molar-refractivity contribution in [2.75, 3.05) is 18.4 Å². The number of nitrogens with zero attached hydrogens (tertiary/aromatic N) is 2. The molecule has 0 bridgehead atoms. The molecule has 0 saturated heterocycles. The zero-order valence-electron chi connectivity index (χ0n) is 18.0. The van der Waals surface area contributed by atoms with Crippen LogP contribution in [0.1, 0.15) is 60.6 Å². The zero-order valence-corrected chi connectivity index (χ0v) is 18.0. The molecule has 1 heterocycles. The molecule has 168 valence electrons. The molecule has 3 amide bonds. The number of carbonyl (C=O) groups excluding carboxylic acids is 3. The minimum Gasteiger partial charge on any atom is -0.352 e.